The average molecular weight is 219 g/mol. The summed E-state index contributed by atoms with van der Waals surface area (Å²) < 4.78 is 2.35. The Bertz CT molecular complexity index is 263. The number of hydrogen-bond acceptors (Lipinski definition) is 2. The molecule has 0 aromatic carbocycles. The number of aromatic nitrogens is 2. The zero-order chi connectivity index (χ0) is 8.43. The number of primary amides is 1. The lowest BCUT2D eigenvalue weighted by Crippen LogP contribution is -2.19. The molecule has 0 spiro atoms. The van der Waals surface area contributed by atoms with Gasteiger partial charge in [0.1, 0.15) is 4.60 Å². The van der Waals surface area contributed by atoms with Crippen molar-refractivity contribution in [2.24, 2.45) is 12.8 Å². The lowest BCUT2D eigenvalue weighted by Gasteiger charge is -1.92. The van der Waals surface area contributed by atoms with Crippen LogP contribution < -0.4 is 11.1 Å². The monoisotopic (exact) mass is 218 g/mol. The Morgan fingerprint density at radius 3 is 2.91 bits per heavy atom. The van der Waals surface area contributed by atoms with Crippen LogP contribution in [0.25, 0.3) is 0 Å². The number of nitrogens with one attached hydrogen (secondary N) is 1. The summed E-state index contributed by atoms with van der Waals surface area (Å²) in [5.74, 6) is 0.437. The minimum Gasteiger partial charge on any atom is -0.351 e. The molecule has 3 N–H and O–H groups in total. The Morgan fingerprint density at radius 1 is 1.91 bits per heavy atom. The summed E-state index contributed by atoms with van der Waals surface area (Å²) in [6.07, 6.45) is 0. The molecule has 2 amide bonds. The number of amides is 2. The molecule has 0 unspecified atom stereocenters. The normalized spacial score (nSPS) is 9.64. The number of urea groups is 1. The lowest BCUT2D eigenvalue weighted by atomic mass is 10.6. The number of rotatable bonds is 1. The van der Waals surface area contributed by atoms with E-state index in [1.165, 1.54) is 0 Å². The molecule has 0 fully saturated rings. The lowest BCUT2D eigenvalue weighted by molar-refractivity contribution is 0.259. The van der Waals surface area contributed by atoms with Gasteiger partial charge in [0, 0.05) is 13.1 Å². The quantitative estimate of drug-likeness (QED) is 0.728. The van der Waals surface area contributed by atoms with Gasteiger partial charge < -0.3 is 5.73 Å². The third-order valence-corrected chi connectivity index (χ3v) is 1.82. The standard InChI is InChI=1S/C5H7BrN4O/c1-10-3(6)2-4(9-10)8-5(7)11/h2H,1H3,(H3,7,8,9,11). The van der Waals surface area contributed by atoms with E-state index in [9.17, 15) is 4.79 Å². The van der Waals surface area contributed by atoms with E-state index in [-0.39, 0.29) is 0 Å². The molecule has 11 heavy (non-hydrogen) atoms. The number of hydrogen-bond donors (Lipinski definition) is 2. The van der Waals surface area contributed by atoms with Crippen molar-refractivity contribution in [1.82, 2.24) is 9.78 Å². The van der Waals surface area contributed by atoms with Crippen molar-refractivity contribution in [1.29, 1.82) is 0 Å². The molecule has 0 saturated carbocycles. The van der Waals surface area contributed by atoms with Crippen LogP contribution in [0.5, 0.6) is 0 Å². The molecular weight excluding hydrogens is 212 g/mol. The van der Waals surface area contributed by atoms with Gasteiger partial charge in [-0.15, -0.1) is 0 Å². The van der Waals surface area contributed by atoms with Crippen LogP contribution in [-0.2, 0) is 7.05 Å². The van der Waals surface area contributed by atoms with Crippen molar-refractivity contribution in [2.45, 2.75) is 0 Å². The maximum atomic E-state index is 10.3. The Balaban J connectivity index is 2.81. The van der Waals surface area contributed by atoms with Gasteiger partial charge in [-0.3, -0.25) is 10.00 Å². The molecule has 0 aliphatic rings. The predicted molar refractivity (Wildman–Crippen MR) is 44.1 cm³/mol. The molecule has 1 heterocycles. The van der Waals surface area contributed by atoms with Crippen LogP contribution in [0.1, 0.15) is 0 Å². The largest absolute Gasteiger partial charge is 0.351 e. The molecule has 60 valence electrons. The molecule has 1 rings (SSSR count). The fourth-order valence-electron chi connectivity index (χ4n) is 0.632. The highest BCUT2D eigenvalue weighted by molar-refractivity contribution is 9.10. The molecule has 1 aromatic rings. The highest BCUT2D eigenvalue weighted by Gasteiger charge is 2.02. The summed E-state index contributed by atoms with van der Waals surface area (Å²) in [7, 11) is 1.75. The van der Waals surface area contributed by atoms with Gasteiger partial charge in [0.25, 0.3) is 0 Å². The predicted octanol–water partition coefficient (Wildman–Crippen LogP) is 0.673. The zero-order valence-electron chi connectivity index (χ0n) is 5.84. The Morgan fingerprint density at radius 2 is 2.55 bits per heavy atom. The number of nitrogens with two attached hydrogens (primary N) is 1. The Labute approximate surface area is 71.7 Å². The minimum atomic E-state index is -0.615. The fraction of sp³-hybridized carbons (Fsp3) is 0.200. The summed E-state index contributed by atoms with van der Waals surface area (Å²) in [6, 6.07) is 1.04. The first-order chi connectivity index (χ1) is 5.09. The third kappa shape index (κ3) is 1.94. The number of halogens is 1. The van der Waals surface area contributed by atoms with Crippen molar-refractivity contribution in [3.8, 4) is 0 Å². The van der Waals surface area contributed by atoms with Gasteiger partial charge in [-0.05, 0) is 15.9 Å². The second-order valence-electron chi connectivity index (χ2n) is 1.97. The summed E-state index contributed by atoms with van der Waals surface area (Å²) in [5.41, 5.74) is 4.87. The van der Waals surface area contributed by atoms with Gasteiger partial charge in [-0.25, -0.2) is 4.79 Å². The van der Waals surface area contributed by atoms with E-state index in [2.05, 4.69) is 26.3 Å². The number of aryl methyl sites for hydroxylation is 1. The highest BCUT2D eigenvalue weighted by Crippen LogP contribution is 2.13. The molecule has 0 aliphatic carbocycles. The van der Waals surface area contributed by atoms with Gasteiger partial charge in [-0.1, -0.05) is 0 Å². The van der Waals surface area contributed by atoms with E-state index in [0.29, 0.717) is 5.82 Å². The summed E-state index contributed by atoms with van der Waals surface area (Å²) in [5, 5.41) is 6.25. The minimum absolute atomic E-state index is 0.437. The van der Waals surface area contributed by atoms with Gasteiger partial charge in [0.05, 0.1) is 0 Å². The smallest absolute Gasteiger partial charge is 0.317 e. The second kappa shape index (κ2) is 2.91. The number of anilines is 1. The average Bonchev–Trinajstić information content (AvgIpc) is 2.10. The van der Waals surface area contributed by atoms with Gasteiger partial charge in [-0.2, -0.15) is 5.10 Å². The topological polar surface area (TPSA) is 72.9 Å². The molecule has 5 nitrogen and oxygen atoms in total. The van der Waals surface area contributed by atoms with E-state index < -0.39 is 6.03 Å². The van der Waals surface area contributed by atoms with E-state index in [1.54, 1.807) is 17.8 Å². The number of carbonyl (C=O) groups is 1. The maximum absolute atomic E-state index is 10.3. The SMILES string of the molecule is Cn1nc(NC(N)=O)cc1Br. The van der Waals surface area contributed by atoms with Crippen LogP contribution >= 0.6 is 15.9 Å². The summed E-state index contributed by atoms with van der Waals surface area (Å²) in [6.45, 7) is 0. The summed E-state index contributed by atoms with van der Waals surface area (Å²) in [4.78, 5) is 10.3. The van der Waals surface area contributed by atoms with E-state index in [1.807, 2.05) is 0 Å². The molecule has 1 aromatic heterocycles. The molecule has 0 atom stereocenters. The van der Waals surface area contributed by atoms with Gasteiger partial charge in [0.15, 0.2) is 5.82 Å². The Kier molecular flexibility index (Phi) is 2.13. The van der Waals surface area contributed by atoms with Crippen LogP contribution in [0.2, 0.25) is 0 Å². The van der Waals surface area contributed by atoms with Crippen LogP contribution in [0, 0.1) is 0 Å². The van der Waals surface area contributed by atoms with E-state index in [4.69, 9.17) is 5.73 Å². The van der Waals surface area contributed by atoms with Crippen LogP contribution in [-0.4, -0.2) is 15.8 Å². The second-order valence-corrected chi connectivity index (χ2v) is 2.78. The first kappa shape index (κ1) is 8.06. The third-order valence-electron chi connectivity index (χ3n) is 1.07. The molecule has 0 radical (unpaired) electrons. The zero-order valence-corrected chi connectivity index (χ0v) is 7.42. The molecule has 0 bridgehead atoms. The van der Waals surface area contributed by atoms with Crippen molar-refractivity contribution in [3.05, 3.63) is 10.7 Å². The molecule has 0 aliphatic heterocycles. The van der Waals surface area contributed by atoms with E-state index >= 15 is 0 Å². The van der Waals surface area contributed by atoms with Crippen LogP contribution in [0.15, 0.2) is 10.7 Å². The van der Waals surface area contributed by atoms with Crippen LogP contribution in [0.4, 0.5) is 10.6 Å². The molecule has 0 saturated heterocycles. The van der Waals surface area contributed by atoms with Crippen molar-refractivity contribution < 1.29 is 4.79 Å². The maximum Gasteiger partial charge on any atom is 0.317 e. The Hall–Kier alpha value is -1.04. The van der Waals surface area contributed by atoms with Crippen LogP contribution in [0.3, 0.4) is 0 Å². The molecular formula is C5H7BrN4O. The van der Waals surface area contributed by atoms with Crippen molar-refractivity contribution in [2.75, 3.05) is 5.32 Å². The van der Waals surface area contributed by atoms with Crippen molar-refractivity contribution in [3.63, 3.8) is 0 Å². The summed E-state index contributed by atoms with van der Waals surface area (Å²) >= 11 is 3.21. The highest BCUT2D eigenvalue weighted by atomic mass is 79.9. The van der Waals surface area contributed by atoms with E-state index in [0.717, 1.165) is 4.60 Å². The fourth-order valence-corrected chi connectivity index (χ4v) is 0.928. The first-order valence-electron chi connectivity index (χ1n) is 2.85. The number of nitrogens with zero attached hydrogens (tertiary/aromatic N) is 2. The van der Waals surface area contributed by atoms with Gasteiger partial charge in [0.2, 0.25) is 0 Å². The van der Waals surface area contributed by atoms with Gasteiger partial charge >= 0.3 is 6.03 Å². The first-order valence-corrected chi connectivity index (χ1v) is 3.65. The van der Waals surface area contributed by atoms with Crippen molar-refractivity contribution >= 4 is 27.8 Å². The molecule has 6 heteroatoms. The number of carbonyl (C=O) groups excluding carboxylic acids is 1.